The summed E-state index contributed by atoms with van der Waals surface area (Å²) < 4.78 is 0. The molecule has 2 nitrogen and oxygen atoms in total. The van der Waals surface area contributed by atoms with Gasteiger partial charge in [0.2, 0.25) is 0 Å². The molecule has 0 spiro atoms. The maximum atomic E-state index is 4.49. The van der Waals surface area contributed by atoms with Crippen molar-refractivity contribution >= 4 is 38.8 Å². The molecular weight excluding hydrogens is 344 g/mol. The van der Waals surface area contributed by atoms with Gasteiger partial charge in [0.25, 0.3) is 0 Å². The van der Waals surface area contributed by atoms with E-state index in [1.807, 2.05) is 6.07 Å². The number of rotatable bonds is 2. The summed E-state index contributed by atoms with van der Waals surface area (Å²) in [6.45, 7) is 1.95. The number of fused-ring (bicyclic) bond motifs is 1. The Kier molecular flexibility index (Phi) is 4.17. The van der Waals surface area contributed by atoms with E-state index in [1.165, 1.54) is 21.6 Å². The highest BCUT2D eigenvalue weighted by molar-refractivity contribution is 8.93. The fraction of sp³-hybridized carbons (Fsp3) is 0.118. The van der Waals surface area contributed by atoms with Gasteiger partial charge in [0.15, 0.2) is 5.17 Å². The van der Waals surface area contributed by atoms with Gasteiger partial charge in [0.1, 0.15) is 0 Å². The van der Waals surface area contributed by atoms with Gasteiger partial charge in [-0.25, -0.2) is 0 Å². The Labute approximate surface area is 139 Å². The van der Waals surface area contributed by atoms with Crippen LogP contribution in [0.25, 0.3) is 16.0 Å². The number of hydrogen-bond acceptors (Lipinski definition) is 3. The lowest BCUT2D eigenvalue weighted by Gasteiger charge is -2.04. The van der Waals surface area contributed by atoms with Gasteiger partial charge >= 0.3 is 0 Å². The molecule has 2 heterocycles. The van der Waals surface area contributed by atoms with Crippen molar-refractivity contribution in [2.45, 2.75) is 0 Å². The average Bonchev–Trinajstić information content (AvgIpc) is 3.10. The van der Waals surface area contributed by atoms with E-state index in [-0.39, 0.29) is 17.0 Å². The van der Waals surface area contributed by atoms with Crippen LogP contribution in [0, 0.1) is 0 Å². The monoisotopic (exact) mass is 358 g/mol. The van der Waals surface area contributed by atoms with Crippen LogP contribution < -0.4 is 0 Å². The van der Waals surface area contributed by atoms with Crippen LogP contribution in [-0.4, -0.2) is 23.2 Å². The summed E-state index contributed by atoms with van der Waals surface area (Å²) in [6, 6.07) is 19.3. The molecule has 0 N–H and O–H groups in total. The number of halogens is 1. The van der Waals surface area contributed by atoms with Crippen LogP contribution in [0.5, 0.6) is 0 Å². The predicted octanol–water partition coefficient (Wildman–Crippen LogP) is 4.65. The summed E-state index contributed by atoms with van der Waals surface area (Å²) in [5.41, 5.74) is 3.79. The molecule has 0 bridgehead atoms. The third kappa shape index (κ3) is 2.78. The summed E-state index contributed by atoms with van der Waals surface area (Å²) in [6.07, 6.45) is 2.22. The average molecular weight is 359 g/mol. The van der Waals surface area contributed by atoms with Gasteiger partial charge in [-0.1, -0.05) is 54.6 Å². The normalized spacial score (nSPS) is 16.1. The summed E-state index contributed by atoms with van der Waals surface area (Å²) in [5.74, 6) is 0. The van der Waals surface area contributed by atoms with E-state index in [2.05, 4.69) is 64.6 Å². The van der Waals surface area contributed by atoms with Crippen molar-refractivity contribution in [1.29, 1.82) is 0 Å². The summed E-state index contributed by atoms with van der Waals surface area (Å²) in [7, 11) is 0. The first-order chi connectivity index (χ1) is 9.90. The minimum atomic E-state index is 0. The third-order valence-electron chi connectivity index (χ3n) is 3.58. The molecule has 0 unspecified atom stereocenters. The van der Waals surface area contributed by atoms with E-state index in [0.717, 1.165) is 18.3 Å². The maximum Gasteiger partial charge on any atom is 0.168 e. The second kappa shape index (κ2) is 6.08. The molecule has 2 aliphatic rings. The Morgan fingerprint density at radius 2 is 1.52 bits per heavy atom. The quantitative estimate of drug-likeness (QED) is 0.776. The lowest BCUT2D eigenvalue weighted by atomic mass is 10.0. The van der Waals surface area contributed by atoms with Gasteiger partial charge in [-0.15, -0.1) is 17.0 Å². The Morgan fingerprint density at radius 1 is 0.857 bits per heavy atom. The minimum Gasteiger partial charge on any atom is -0.325 e. The van der Waals surface area contributed by atoms with E-state index in [1.54, 1.807) is 11.8 Å². The Bertz CT molecular complexity index is 692. The second-order valence-corrected chi connectivity index (χ2v) is 5.91. The van der Waals surface area contributed by atoms with Gasteiger partial charge in [-0.3, -0.25) is 4.99 Å². The second-order valence-electron chi connectivity index (χ2n) is 4.90. The zero-order valence-corrected chi connectivity index (χ0v) is 13.9. The first-order valence-electron chi connectivity index (χ1n) is 6.77. The number of amidine groups is 1. The molecular formula is C17H15BrN2S. The molecule has 0 radical (unpaired) electrons. The fourth-order valence-corrected chi connectivity index (χ4v) is 3.56. The summed E-state index contributed by atoms with van der Waals surface area (Å²) in [5, 5.41) is 1.15. The van der Waals surface area contributed by atoms with Crippen LogP contribution in [-0.2, 0) is 0 Å². The van der Waals surface area contributed by atoms with E-state index in [4.69, 9.17) is 0 Å². The number of thioether (sulfide) groups is 1. The van der Waals surface area contributed by atoms with Crippen molar-refractivity contribution in [3.05, 3.63) is 66.4 Å². The molecule has 0 fully saturated rings. The smallest absolute Gasteiger partial charge is 0.168 e. The molecule has 4 rings (SSSR count). The van der Waals surface area contributed by atoms with E-state index < -0.39 is 0 Å². The van der Waals surface area contributed by atoms with E-state index in [9.17, 15) is 0 Å². The Hall–Kier alpha value is -1.52. The summed E-state index contributed by atoms with van der Waals surface area (Å²) >= 11 is 1.77. The van der Waals surface area contributed by atoms with Crippen LogP contribution in [0.1, 0.15) is 5.56 Å². The largest absolute Gasteiger partial charge is 0.325 e. The number of benzene rings is 2. The number of hydrogen-bond donors (Lipinski definition) is 0. The molecule has 0 saturated carbocycles. The van der Waals surface area contributed by atoms with Gasteiger partial charge < -0.3 is 4.90 Å². The third-order valence-corrected chi connectivity index (χ3v) is 4.69. The number of nitrogens with zero attached hydrogens (tertiary/aromatic N) is 2. The molecule has 21 heavy (non-hydrogen) atoms. The lowest BCUT2D eigenvalue weighted by Crippen LogP contribution is -2.14. The van der Waals surface area contributed by atoms with Gasteiger partial charge in [0, 0.05) is 17.6 Å². The van der Waals surface area contributed by atoms with Crippen molar-refractivity contribution < 1.29 is 0 Å². The highest BCUT2D eigenvalue weighted by Crippen LogP contribution is 2.38. The van der Waals surface area contributed by atoms with Crippen molar-refractivity contribution in [3.8, 4) is 11.1 Å². The standard InChI is InChI=1S/C17H14N2S.BrH/c1-2-4-13(5-3-1)14-6-8-15(9-7-14)16-12-19-11-10-18-17(19)20-16;/h1-9,12H,10-11H2;1H. The van der Waals surface area contributed by atoms with Crippen LogP contribution >= 0.6 is 28.7 Å². The maximum absolute atomic E-state index is 4.49. The summed E-state index contributed by atoms with van der Waals surface area (Å²) in [4.78, 5) is 8.03. The van der Waals surface area contributed by atoms with Gasteiger partial charge in [-0.2, -0.15) is 0 Å². The molecule has 0 amide bonds. The molecule has 4 heteroatoms. The molecule has 2 aromatic carbocycles. The molecule has 2 aliphatic heterocycles. The van der Waals surface area contributed by atoms with Crippen molar-refractivity contribution in [2.24, 2.45) is 4.99 Å². The van der Waals surface area contributed by atoms with E-state index >= 15 is 0 Å². The van der Waals surface area contributed by atoms with Crippen molar-refractivity contribution in [2.75, 3.05) is 13.1 Å². The Morgan fingerprint density at radius 3 is 2.24 bits per heavy atom. The van der Waals surface area contributed by atoms with Crippen LogP contribution in [0.3, 0.4) is 0 Å². The topological polar surface area (TPSA) is 15.6 Å². The van der Waals surface area contributed by atoms with Crippen LogP contribution in [0.4, 0.5) is 0 Å². The SMILES string of the molecule is Br.C1=C(c2ccc(-c3ccccc3)cc2)SC2=NCCN12. The Balaban J connectivity index is 0.00000132. The predicted molar refractivity (Wildman–Crippen MR) is 96.8 cm³/mol. The zero-order valence-electron chi connectivity index (χ0n) is 11.4. The van der Waals surface area contributed by atoms with Crippen molar-refractivity contribution in [3.63, 3.8) is 0 Å². The fourth-order valence-electron chi connectivity index (χ4n) is 2.51. The first kappa shape index (κ1) is 14.4. The van der Waals surface area contributed by atoms with Crippen LogP contribution in [0.2, 0.25) is 0 Å². The number of aliphatic imine (C=N–C) groups is 1. The van der Waals surface area contributed by atoms with Gasteiger partial charge in [-0.05, 0) is 28.5 Å². The van der Waals surface area contributed by atoms with Crippen molar-refractivity contribution in [1.82, 2.24) is 4.90 Å². The van der Waals surface area contributed by atoms with E-state index in [0.29, 0.717) is 0 Å². The molecule has 0 saturated heterocycles. The van der Waals surface area contributed by atoms with Crippen LogP contribution in [0.15, 0.2) is 65.8 Å². The highest BCUT2D eigenvalue weighted by Gasteiger charge is 2.24. The first-order valence-corrected chi connectivity index (χ1v) is 7.58. The lowest BCUT2D eigenvalue weighted by molar-refractivity contribution is 0.626. The highest BCUT2D eigenvalue weighted by atomic mass is 79.9. The molecule has 106 valence electrons. The molecule has 0 aromatic heterocycles. The van der Waals surface area contributed by atoms with Gasteiger partial charge in [0.05, 0.1) is 6.54 Å². The minimum absolute atomic E-state index is 0. The zero-order chi connectivity index (χ0) is 13.4. The molecule has 2 aromatic rings. The molecule has 0 aliphatic carbocycles. The molecule has 0 atom stereocenters.